The average Bonchev–Trinajstić information content (AvgIpc) is 2.82. The molecule has 2 heterocycles. The quantitative estimate of drug-likeness (QED) is 0.817. The van der Waals surface area contributed by atoms with E-state index in [9.17, 15) is 13.2 Å². The minimum atomic E-state index is -3.82. The van der Waals surface area contributed by atoms with E-state index >= 15 is 0 Å². The molecule has 0 saturated carbocycles. The van der Waals surface area contributed by atoms with Gasteiger partial charge < -0.3 is 5.11 Å². The molecule has 0 aromatic carbocycles. The van der Waals surface area contributed by atoms with Gasteiger partial charge in [0.1, 0.15) is 9.77 Å². The molecular formula is C12H11BrN2O4S2. The topological polar surface area (TPSA) is 96.4 Å². The summed E-state index contributed by atoms with van der Waals surface area (Å²) in [4.78, 5) is 14.7. The number of carbonyl (C=O) groups is 1. The van der Waals surface area contributed by atoms with Gasteiger partial charge in [-0.05, 0) is 46.6 Å². The Balaban J connectivity index is 2.29. The van der Waals surface area contributed by atoms with Crippen LogP contribution in [0.3, 0.4) is 0 Å². The van der Waals surface area contributed by atoms with Gasteiger partial charge in [0.05, 0.1) is 3.79 Å². The number of rotatable bonds is 5. The maximum Gasteiger partial charge on any atom is 0.345 e. The monoisotopic (exact) mass is 390 g/mol. The molecule has 112 valence electrons. The van der Waals surface area contributed by atoms with Crippen LogP contribution < -0.4 is 4.72 Å². The van der Waals surface area contributed by atoms with E-state index < -0.39 is 22.0 Å². The zero-order chi connectivity index (χ0) is 15.6. The average molecular weight is 391 g/mol. The molecule has 0 amide bonds. The van der Waals surface area contributed by atoms with Crippen LogP contribution in [-0.2, 0) is 10.0 Å². The number of carboxylic acids is 1. The molecule has 0 fully saturated rings. The summed E-state index contributed by atoms with van der Waals surface area (Å²) >= 11 is 3.95. The molecule has 0 aliphatic heterocycles. The number of aromatic nitrogens is 1. The summed E-state index contributed by atoms with van der Waals surface area (Å²) < 4.78 is 27.4. The number of nitrogens with zero attached hydrogens (tertiary/aromatic N) is 1. The van der Waals surface area contributed by atoms with Gasteiger partial charge in [-0.3, -0.25) is 4.98 Å². The lowest BCUT2D eigenvalue weighted by Crippen LogP contribution is -2.26. The maximum absolute atomic E-state index is 12.3. The van der Waals surface area contributed by atoms with Gasteiger partial charge in [-0.1, -0.05) is 0 Å². The Bertz CT molecular complexity index is 759. The van der Waals surface area contributed by atoms with Gasteiger partial charge >= 0.3 is 5.97 Å². The second-order valence-corrected chi connectivity index (χ2v) is 8.23. The van der Waals surface area contributed by atoms with E-state index in [0.717, 1.165) is 23.0 Å². The van der Waals surface area contributed by atoms with E-state index in [1.807, 2.05) is 0 Å². The van der Waals surface area contributed by atoms with Crippen LogP contribution in [0.5, 0.6) is 0 Å². The van der Waals surface area contributed by atoms with Crippen molar-refractivity contribution in [3.63, 3.8) is 0 Å². The number of halogens is 1. The molecule has 2 aromatic heterocycles. The Morgan fingerprint density at radius 3 is 2.57 bits per heavy atom. The first kappa shape index (κ1) is 16.1. The van der Waals surface area contributed by atoms with Gasteiger partial charge in [-0.2, -0.15) is 0 Å². The van der Waals surface area contributed by atoms with E-state index in [0.29, 0.717) is 0 Å². The smallest absolute Gasteiger partial charge is 0.345 e. The van der Waals surface area contributed by atoms with E-state index in [4.69, 9.17) is 5.11 Å². The highest BCUT2D eigenvalue weighted by Crippen LogP contribution is 2.32. The van der Waals surface area contributed by atoms with Crippen molar-refractivity contribution in [2.75, 3.05) is 0 Å². The first-order chi connectivity index (χ1) is 9.81. The van der Waals surface area contributed by atoms with Crippen molar-refractivity contribution in [3.8, 4) is 0 Å². The number of hydrogen-bond acceptors (Lipinski definition) is 5. The number of sulfonamides is 1. The summed E-state index contributed by atoms with van der Waals surface area (Å²) in [5, 5.41) is 8.92. The molecule has 2 aromatic rings. The van der Waals surface area contributed by atoms with E-state index in [1.54, 1.807) is 31.5 Å². The van der Waals surface area contributed by atoms with Crippen LogP contribution in [0.25, 0.3) is 0 Å². The summed E-state index contributed by atoms with van der Waals surface area (Å²) in [6.07, 6.45) is 3.15. The van der Waals surface area contributed by atoms with Crippen molar-refractivity contribution in [2.24, 2.45) is 0 Å². The summed E-state index contributed by atoms with van der Waals surface area (Å²) in [5.41, 5.74) is 0.762. The predicted octanol–water partition coefficient (Wildman–Crippen LogP) is 2.64. The second kappa shape index (κ2) is 6.22. The standard InChI is InChI=1S/C12H11BrN2O4S2/c1-7(8-2-4-14-5-3-8)15-21(18,19)10-6-9(12(16)17)20-11(10)13/h2-7,15H,1H3,(H,16,17)/t7-/m1/s1. The first-order valence-corrected chi connectivity index (χ1v) is 8.85. The predicted molar refractivity (Wildman–Crippen MR) is 82.0 cm³/mol. The largest absolute Gasteiger partial charge is 0.477 e. The highest BCUT2D eigenvalue weighted by atomic mass is 79.9. The SMILES string of the molecule is C[C@@H](NS(=O)(=O)c1cc(C(=O)O)sc1Br)c1ccncc1. The third-order valence-corrected chi connectivity index (χ3v) is 6.47. The summed E-state index contributed by atoms with van der Waals surface area (Å²) in [5.74, 6) is -1.16. The second-order valence-electron chi connectivity index (χ2n) is 4.18. The van der Waals surface area contributed by atoms with Crippen molar-refractivity contribution in [1.29, 1.82) is 0 Å². The van der Waals surface area contributed by atoms with Gasteiger partial charge in [0.2, 0.25) is 10.0 Å². The Hall–Kier alpha value is -1.29. The summed E-state index contributed by atoms with van der Waals surface area (Å²) in [7, 11) is -3.82. The minimum absolute atomic E-state index is 0.0428. The Morgan fingerprint density at radius 2 is 2.05 bits per heavy atom. The molecule has 0 radical (unpaired) electrons. The molecule has 21 heavy (non-hydrogen) atoms. The number of pyridine rings is 1. The van der Waals surface area contributed by atoms with Crippen LogP contribution in [0.4, 0.5) is 0 Å². The molecule has 0 unspecified atom stereocenters. The number of thiophene rings is 1. The molecule has 0 spiro atoms. The fourth-order valence-electron chi connectivity index (χ4n) is 1.66. The molecule has 6 nitrogen and oxygen atoms in total. The molecule has 0 aliphatic rings. The normalized spacial score (nSPS) is 13.0. The lowest BCUT2D eigenvalue weighted by molar-refractivity contribution is 0.0702. The lowest BCUT2D eigenvalue weighted by atomic mass is 10.1. The van der Waals surface area contributed by atoms with Crippen molar-refractivity contribution < 1.29 is 18.3 Å². The van der Waals surface area contributed by atoms with E-state index in [-0.39, 0.29) is 13.6 Å². The van der Waals surface area contributed by atoms with Crippen LogP contribution in [0.1, 0.15) is 28.2 Å². The maximum atomic E-state index is 12.3. The van der Waals surface area contributed by atoms with Gasteiger partial charge in [-0.15, -0.1) is 11.3 Å². The van der Waals surface area contributed by atoms with E-state index in [1.165, 1.54) is 0 Å². The lowest BCUT2D eigenvalue weighted by Gasteiger charge is -2.13. The molecular weight excluding hydrogens is 380 g/mol. The molecule has 2 N–H and O–H groups in total. The number of carboxylic acid groups (broad SMARTS) is 1. The van der Waals surface area contributed by atoms with Crippen LogP contribution in [0, 0.1) is 0 Å². The molecule has 2 rings (SSSR count). The van der Waals surface area contributed by atoms with E-state index in [2.05, 4.69) is 25.6 Å². The van der Waals surface area contributed by atoms with Crippen LogP contribution >= 0.6 is 27.3 Å². The molecule has 0 saturated heterocycles. The number of nitrogens with one attached hydrogen (secondary N) is 1. The molecule has 0 bridgehead atoms. The zero-order valence-electron chi connectivity index (χ0n) is 10.8. The fraction of sp³-hybridized carbons (Fsp3) is 0.167. The fourth-order valence-corrected chi connectivity index (χ4v) is 5.29. The Kier molecular flexibility index (Phi) is 4.77. The van der Waals surface area contributed by atoms with Crippen molar-refractivity contribution in [3.05, 3.63) is 44.8 Å². The Labute approximate surface area is 134 Å². The van der Waals surface area contributed by atoms with Crippen LogP contribution in [0.2, 0.25) is 0 Å². The van der Waals surface area contributed by atoms with Gasteiger partial charge in [0.15, 0.2) is 0 Å². The molecule has 0 aliphatic carbocycles. The zero-order valence-corrected chi connectivity index (χ0v) is 14.0. The number of aromatic carboxylic acids is 1. The summed E-state index contributed by atoms with van der Waals surface area (Å²) in [6.45, 7) is 1.70. The highest BCUT2D eigenvalue weighted by Gasteiger charge is 2.25. The van der Waals surface area contributed by atoms with Crippen molar-refractivity contribution in [2.45, 2.75) is 17.9 Å². The van der Waals surface area contributed by atoms with Crippen molar-refractivity contribution >= 4 is 43.3 Å². The van der Waals surface area contributed by atoms with Gasteiger partial charge in [0.25, 0.3) is 0 Å². The summed E-state index contributed by atoms with van der Waals surface area (Å²) in [6, 6.07) is 4.09. The highest BCUT2D eigenvalue weighted by molar-refractivity contribution is 9.11. The third-order valence-electron chi connectivity index (χ3n) is 2.69. The van der Waals surface area contributed by atoms with Gasteiger partial charge in [0, 0.05) is 18.4 Å². The number of hydrogen-bond donors (Lipinski definition) is 2. The third kappa shape index (κ3) is 3.67. The molecule has 1 atom stereocenters. The van der Waals surface area contributed by atoms with Crippen molar-refractivity contribution in [1.82, 2.24) is 9.71 Å². The van der Waals surface area contributed by atoms with Gasteiger partial charge in [-0.25, -0.2) is 17.9 Å². The van der Waals surface area contributed by atoms with Crippen LogP contribution in [0.15, 0.2) is 39.3 Å². The molecule has 9 heteroatoms. The first-order valence-electron chi connectivity index (χ1n) is 5.76. The Morgan fingerprint density at radius 1 is 1.43 bits per heavy atom. The van der Waals surface area contributed by atoms with Crippen LogP contribution in [-0.4, -0.2) is 24.5 Å². The minimum Gasteiger partial charge on any atom is -0.477 e.